The monoisotopic (exact) mass is 208 g/mol. The fourth-order valence-electron chi connectivity index (χ4n) is 1.43. The van der Waals surface area contributed by atoms with E-state index < -0.39 is 0 Å². The van der Waals surface area contributed by atoms with E-state index in [0.717, 1.165) is 6.54 Å². The van der Waals surface area contributed by atoms with Gasteiger partial charge in [-0.15, -0.1) is 0 Å². The Balaban J connectivity index is 0.000000980. The van der Waals surface area contributed by atoms with Crippen LogP contribution in [-0.2, 0) is 13.6 Å². The Hall–Kier alpha value is -1.28. The first-order valence-corrected chi connectivity index (χ1v) is 4.39. The van der Waals surface area contributed by atoms with Crippen molar-refractivity contribution < 1.29 is 17.0 Å². The largest absolute Gasteiger partial charge is 1.00 e. The minimum atomic E-state index is 0. The van der Waals surface area contributed by atoms with Gasteiger partial charge in [-0.1, -0.05) is 0 Å². The smallest absolute Gasteiger partial charge is 0.173 e. The molecule has 2 aromatic rings. The van der Waals surface area contributed by atoms with E-state index in [0.29, 0.717) is 0 Å². The lowest BCUT2D eigenvalue weighted by Gasteiger charge is -2.00. The highest BCUT2D eigenvalue weighted by molar-refractivity contribution is 5.07. The van der Waals surface area contributed by atoms with Crippen LogP contribution in [-0.4, -0.2) is 4.57 Å². The molecule has 0 aliphatic carbocycles. The highest BCUT2D eigenvalue weighted by Crippen LogP contribution is 1.99. The zero-order valence-electron chi connectivity index (χ0n) is 8.10. The van der Waals surface area contributed by atoms with Crippen molar-refractivity contribution in [2.75, 3.05) is 0 Å². The third-order valence-electron chi connectivity index (χ3n) is 2.03. The molecule has 0 amide bonds. The first-order valence-electron chi connectivity index (χ1n) is 4.39. The summed E-state index contributed by atoms with van der Waals surface area (Å²) in [6, 6.07) is 8.30. The Morgan fingerprint density at radius 3 is 2.57 bits per heavy atom. The minimum Gasteiger partial charge on any atom is -1.00 e. The molecule has 0 N–H and O–H groups in total. The van der Waals surface area contributed by atoms with Crippen molar-refractivity contribution in [3.05, 3.63) is 54.6 Å². The molecular weight excluding hydrogens is 196 g/mol. The van der Waals surface area contributed by atoms with Crippen LogP contribution in [0.5, 0.6) is 0 Å². The highest BCUT2D eigenvalue weighted by Gasteiger charge is 1.97. The van der Waals surface area contributed by atoms with Gasteiger partial charge in [0.1, 0.15) is 7.05 Å². The second-order valence-electron chi connectivity index (χ2n) is 3.23. The Kier molecular flexibility index (Phi) is 3.72. The SMILES string of the molecule is C[n+]1cccc(Cn2cccc2)c1.[Cl-]. The fraction of sp³-hybridized carbons (Fsp3) is 0.182. The standard InChI is InChI=1S/C11H13N2.ClH/c1-12-6-4-5-11(9-12)10-13-7-2-3-8-13;/h2-9H,10H2,1H3;1H/q+1;/p-1. The summed E-state index contributed by atoms with van der Waals surface area (Å²) >= 11 is 0. The number of rotatable bonds is 2. The highest BCUT2D eigenvalue weighted by atomic mass is 35.5. The molecule has 0 fully saturated rings. The number of halogens is 1. The van der Waals surface area contributed by atoms with Gasteiger partial charge in [0.25, 0.3) is 0 Å². The molecule has 0 aliphatic heterocycles. The molecule has 0 saturated heterocycles. The zero-order valence-corrected chi connectivity index (χ0v) is 8.85. The van der Waals surface area contributed by atoms with Crippen LogP contribution < -0.4 is 17.0 Å². The molecule has 0 unspecified atom stereocenters. The van der Waals surface area contributed by atoms with Crippen molar-refractivity contribution in [3.8, 4) is 0 Å². The van der Waals surface area contributed by atoms with Crippen LogP contribution in [0.2, 0.25) is 0 Å². The van der Waals surface area contributed by atoms with Gasteiger partial charge in [0, 0.05) is 24.0 Å². The molecule has 2 rings (SSSR count). The van der Waals surface area contributed by atoms with E-state index in [1.807, 2.05) is 25.4 Å². The van der Waals surface area contributed by atoms with E-state index in [4.69, 9.17) is 0 Å². The second-order valence-corrected chi connectivity index (χ2v) is 3.23. The maximum Gasteiger partial charge on any atom is 0.173 e. The number of pyridine rings is 1. The summed E-state index contributed by atoms with van der Waals surface area (Å²) in [5.41, 5.74) is 1.32. The number of hydrogen-bond donors (Lipinski definition) is 0. The predicted molar refractivity (Wildman–Crippen MR) is 51.2 cm³/mol. The van der Waals surface area contributed by atoms with Gasteiger partial charge < -0.3 is 17.0 Å². The third kappa shape index (κ3) is 2.60. The number of aryl methyl sites for hydroxylation is 1. The number of hydrogen-bond acceptors (Lipinski definition) is 0. The Labute approximate surface area is 90.2 Å². The first-order chi connectivity index (χ1) is 6.34. The van der Waals surface area contributed by atoms with Crippen LogP contribution >= 0.6 is 0 Å². The van der Waals surface area contributed by atoms with Crippen LogP contribution in [0.15, 0.2) is 49.1 Å². The molecule has 0 bridgehead atoms. The van der Waals surface area contributed by atoms with Crippen molar-refractivity contribution in [2.24, 2.45) is 7.05 Å². The van der Waals surface area contributed by atoms with Gasteiger partial charge in [-0.3, -0.25) is 0 Å². The van der Waals surface area contributed by atoms with Crippen LogP contribution in [0.25, 0.3) is 0 Å². The van der Waals surface area contributed by atoms with Gasteiger partial charge in [-0.05, 0) is 18.2 Å². The molecule has 14 heavy (non-hydrogen) atoms. The van der Waals surface area contributed by atoms with Gasteiger partial charge in [-0.2, -0.15) is 0 Å². The first kappa shape index (κ1) is 10.8. The number of aromatic nitrogens is 2. The van der Waals surface area contributed by atoms with Crippen molar-refractivity contribution >= 4 is 0 Å². The summed E-state index contributed by atoms with van der Waals surface area (Å²) in [6.45, 7) is 0.946. The van der Waals surface area contributed by atoms with Crippen LogP contribution in [0.4, 0.5) is 0 Å². The fourth-order valence-corrected chi connectivity index (χ4v) is 1.43. The maximum absolute atomic E-state index is 2.16. The second kappa shape index (κ2) is 4.82. The Bertz CT molecular complexity index is 382. The van der Waals surface area contributed by atoms with Crippen molar-refractivity contribution in [1.82, 2.24) is 4.57 Å². The summed E-state index contributed by atoms with van der Waals surface area (Å²) in [5, 5.41) is 0. The van der Waals surface area contributed by atoms with E-state index >= 15 is 0 Å². The average Bonchev–Trinajstić information content (AvgIpc) is 2.57. The lowest BCUT2D eigenvalue weighted by Crippen LogP contribution is -3.00. The van der Waals surface area contributed by atoms with E-state index in [2.05, 4.69) is 39.9 Å². The number of nitrogens with zero attached hydrogens (tertiary/aromatic N) is 2. The van der Waals surface area contributed by atoms with Gasteiger partial charge in [0.2, 0.25) is 0 Å². The van der Waals surface area contributed by atoms with E-state index in [-0.39, 0.29) is 12.4 Å². The van der Waals surface area contributed by atoms with Gasteiger partial charge >= 0.3 is 0 Å². The van der Waals surface area contributed by atoms with Gasteiger partial charge in [0.05, 0.1) is 6.54 Å². The van der Waals surface area contributed by atoms with E-state index in [9.17, 15) is 0 Å². The molecule has 2 heterocycles. The van der Waals surface area contributed by atoms with E-state index in [1.54, 1.807) is 0 Å². The summed E-state index contributed by atoms with van der Waals surface area (Å²) < 4.78 is 4.23. The Morgan fingerprint density at radius 2 is 1.93 bits per heavy atom. The van der Waals surface area contributed by atoms with Crippen molar-refractivity contribution in [3.63, 3.8) is 0 Å². The molecule has 0 atom stereocenters. The topological polar surface area (TPSA) is 8.81 Å². The molecule has 3 heteroatoms. The quantitative estimate of drug-likeness (QED) is 0.524. The molecule has 0 spiro atoms. The van der Waals surface area contributed by atoms with Crippen LogP contribution in [0.1, 0.15) is 5.56 Å². The molecule has 74 valence electrons. The molecular formula is C11H13ClN2. The predicted octanol–water partition coefficient (Wildman–Crippen LogP) is -1.64. The molecule has 2 nitrogen and oxygen atoms in total. The summed E-state index contributed by atoms with van der Waals surface area (Å²) in [7, 11) is 2.04. The molecule has 0 aromatic carbocycles. The average molecular weight is 209 g/mol. The summed E-state index contributed by atoms with van der Waals surface area (Å²) in [5.74, 6) is 0. The van der Waals surface area contributed by atoms with Gasteiger partial charge in [-0.25, -0.2) is 4.57 Å². The molecule has 0 aliphatic rings. The molecule has 2 aromatic heterocycles. The minimum absolute atomic E-state index is 0. The molecule has 0 radical (unpaired) electrons. The van der Waals surface area contributed by atoms with Crippen LogP contribution in [0, 0.1) is 0 Å². The maximum atomic E-state index is 2.16. The summed E-state index contributed by atoms with van der Waals surface area (Å²) in [6.07, 6.45) is 8.33. The lowest BCUT2D eigenvalue weighted by molar-refractivity contribution is -0.671. The third-order valence-corrected chi connectivity index (χ3v) is 2.03. The Morgan fingerprint density at radius 1 is 1.21 bits per heavy atom. The summed E-state index contributed by atoms with van der Waals surface area (Å²) in [4.78, 5) is 0. The lowest BCUT2D eigenvalue weighted by atomic mass is 10.3. The van der Waals surface area contributed by atoms with Gasteiger partial charge in [0.15, 0.2) is 12.4 Å². The van der Waals surface area contributed by atoms with Crippen molar-refractivity contribution in [1.29, 1.82) is 0 Å². The normalized spacial score (nSPS) is 9.50. The zero-order chi connectivity index (χ0) is 9.10. The molecule has 0 saturated carbocycles. The van der Waals surface area contributed by atoms with E-state index in [1.165, 1.54) is 5.56 Å². The van der Waals surface area contributed by atoms with Crippen LogP contribution in [0.3, 0.4) is 0 Å². The van der Waals surface area contributed by atoms with Crippen molar-refractivity contribution in [2.45, 2.75) is 6.54 Å².